The summed E-state index contributed by atoms with van der Waals surface area (Å²) in [6.07, 6.45) is 7.96. The average Bonchev–Trinajstić information content (AvgIpc) is 3.16. The Kier molecular flexibility index (Phi) is 10.9. The number of aliphatic imine (C=N–C) groups is 1. The van der Waals surface area contributed by atoms with Crippen molar-refractivity contribution in [3.8, 4) is 0 Å². The Bertz CT molecular complexity index is 339. The predicted octanol–water partition coefficient (Wildman–Crippen LogP) is 3.32. The van der Waals surface area contributed by atoms with Gasteiger partial charge in [-0.15, -0.1) is 24.0 Å². The summed E-state index contributed by atoms with van der Waals surface area (Å²) >= 11 is 2.08. The molecule has 0 aromatic carbocycles. The van der Waals surface area contributed by atoms with Crippen molar-refractivity contribution in [2.75, 3.05) is 45.0 Å². The van der Waals surface area contributed by atoms with Crippen LogP contribution < -0.4 is 10.6 Å². The lowest BCUT2D eigenvalue weighted by Gasteiger charge is -2.21. The summed E-state index contributed by atoms with van der Waals surface area (Å²) in [6.45, 7) is 11.3. The molecule has 0 aromatic heterocycles. The fraction of sp³-hybridized carbons (Fsp3) is 0.941. The first-order chi connectivity index (χ1) is 10.7. The summed E-state index contributed by atoms with van der Waals surface area (Å²) in [6, 6.07) is 0. The highest BCUT2D eigenvalue weighted by atomic mass is 127. The lowest BCUT2D eigenvalue weighted by atomic mass is 10.1. The Morgan fingerprint density at radius 1 is 1.17 bits per heavy atom. The number of likely N-dealkylation sites (tertiary alicyclic amines) is 1. The molecular formula is C17H35IN4S. The molecule has 1 atom stereocenters. The third-order valence-electron chi connectivity index (χ3n) is 4.61. The fourth-order valence-corrected chi connectivity index (χ4v) is 4.45. The van der Waals surface area contributed by atoms with Crippen LogP contribution in [-0.4, -0.2) is 60.6 Å². The molecule has 136 valence electrons. The van der Waals surface area contributed by atoms with E-state index in [1.54, 1.807) is 0 Å². The molecule has 6 heteroatoms. The maximum atomic E-state index is 4.81. The molecule has 2 heterocycles. The van der Waals surface area contributed by atoms with Crippen molar-refractivity contribution in [1.82, 2.24) is 15.5 Å². The number of nitrogens with one attached hydrogen (secondary N) is 2. The van der Waals surface area contributed by atoms with Crippen LogP contribution in [0.25, 0.3) is 0 Å². The monoisotopic (exact) mass is 454 g/mol. The third-order valence-corrected chi connectivity index (χ3v) is 6.13. The van der Waals surface area contributed by atoms with E-state index in [9.17, 15) is 0 Å². The van der Waals surface area contributed by atoms with E-state index in [1.807, 2.05) is 0 Å². The van der Waals surface area contributed by atoms with Crippen LogP contribution in [0.1, 0.15) is 52.4 Å². The van der Waals surface area contributed by atoms with Crippen LogP contribution in [0.4, 0.5) is 0 Å². The van der Waals surface area contributed by atoms with E-state index < -0.39 is 0 Å². The van der Waals surface area contributed by atoms with Crippen LogP contribution in [0, 0.1) is 0 Å². The molecule has 2 fully saturated rings. The van der Waals surface area contributed by atoms with Crippen LogP contribution >= 0.6 is 35.7 Å². The second-order valence-corrected chi connectivity index (χ2v) is 8.46. The zero-order valence-corrected chi connectivity index (χ0v) is 18.1. The first kappa shape index (κ1) is 21.4. The molecular weight excluding hydrogens is 419 g/mol. The van der Waals surface area contributed by atoms with Gasteiger partial charge >= 0.3 is 0 Å². The minimum atomic E-state index is 0. The van der Waals surface area contributed by atoms with Gasteiger partial charge in [0.1, 0.15) is 0 Å². The van der Waals surface area contributed by atoms with Gasteiger partial charge in [0.25, 0.3) is 0 Å². The smallest absolute Gasteiger partial charge is 0.191 e. The largest absolute Gasteiger partial charge is 0.357 e. The predicted molar refractivity (Wildman–Crippen MR) is 114 cm³/mol. The molecule has 0 aliphatic carbocycles. The van der Waals surface area contributed by atoms with E-state index in [0.29, 0.717) is 4.75 Å². The first-order valence-corrected chi connectivity index (χ1v) is 10.1. The number of hydrogen-bond donors (Lipinski definition) is 2. The van der Waals surface area contributed by atoms with Crippen molar-refractivity contribution in [1.29, 1.82) is 0 Å². The second-order valence-electron chi connectivity index (χ2n) is 6.78. The van der Waals surface area contributed by atoms with Crippen molar-refractivity contribution in [2.24, 2.45) is 4.99 Å². The van der Waals surface area contributed by atoms with Crippen LogP contribution in [-0.2, 0) is 0 Å². The molecule has 1 unspecified atom stereocenters. The summed E-state index contributed by atoms with van der Waals surface area (Å²) < 4.78 is 0.359. The van der Waals surface area contributed by atoms with Crippen molar-refractivity contribution in [3.63, 3.8) is 0 Å². The van der Waals surface area contributed by atoms with E-state index in [-0.39, 0.29) is 24.0 Å². The molecule has 2 rings (SSSR count). The molecule has 2 aliphatic heterocycles. The van der Waals surface area contributed by atoms with Crippen molar-refractivity contribution in [3.05, 3.63) is 0 Å². The van der Waals surface area contributed by atoms with Gasteiger partial charge in [0.05, 0.1) is 6.54 Å². The topological polar surface area (TPSA) is 39.7 Å². The summed E-state index contributed by atoms with van der Waals surface area (Å²) in [5.41, 5.74) is 0. The molecule has 2 aliphatic rings. The third kappa shape index (κ3) is 8.29. The standard InChI is InChI=1S/C17H34N4S.HI/c1-3-18-16(20-15-17(2)9-8-14-22-17)19-10-4-5-11-21-12-6-7-13-21;/h3-15H2,1-2H3,(H2,18,19,20);1H. The quantitative estimate of drug-likeness (QED) is 0.256. The first-order valence-electron chi connectivity index (χ1n) is 9.10. The maximum absolute atomic E-state index is 4.81. The summed E-state index contributed by atoms with van der Waals surface area (Å²) in [5, 5.41) is 6.87. The SMILES string of the molecule is CCNC(=NCC1(C)CCCS1)NCCCCN1CCCC1.I. The fourth-order valence-electron chi connectivity index (χ4n) is 3.22. The maximum Gasteiger partial charge on any atom is 0.191 e. The zero-order chi connectivity index (χ0) is 15.7. The van der Waals surface area contributed by atoms with Gasteiger partial charge in [0.2, 0.25) is 0 Å². The number of rotatable bonds is 8. The second kappa shape index (κ2) is 11.8. The van der Waals surface area contributed by atoms with Crippen LogP contribution in [0.2, 0.25) is 0 Å². The minimum absolute atomic E-state index is 0. The van der Waals surface area contributed by atoms with E-state index in [1.165, 1.54) is 63.9 Å². The number of unbranched alkanes of at least 4 members (excludes halogenated alkanes) is 1. The summed E-state index contributed by atoms with van der Waals surface area (Å²) in [7, 11) is 0. The molecule has 0 bridgehead atoms. The molecule has 4 nitrogen and oxygen atoms in total. The Hall–Kier alpha value is 0.310. The number of guanidine groups is 1. The van der Waals surface area contributed by atoms with Crippen molar-refractivity contribution >= 4 is 41.7 Å². The highest BCUT2D eigenvalue weighted by Gasteiger charge is 2.29. The van der Waals surface area contributed by atoms with E-state index in [4.69, 9.17) is 4.99 Å². The molecule has 2 N–H and O–H groups in total. The summed E-state index contributed by atoms with van der Waals surface area (Å²) in [4.78, 5) is 7.40. The van der Waals surface area contributed by atoms with Crippen LogP contribution in [0.15, 0.2) is 4.99 Å². The Balaban J connectivity index is 0.00000264. The minimum Gasteiger partial charge on any atom is -0.357 e. The Morgan fingerprint density at radius 2 is 1.96 bits per heavy atom. The van der Waals surface area contributed by atoms with Gasteiger partial charge in [0.15, 0.2) is 5.96 Å². The van der Waals surface area contributed by atoms with Crippen LogP contribution in [0.5, 0.6) is 0 Å². The van der Waals surface area contributed by atoms with Crippen molar-refractivity contribution < 1.29 is 0 Å². The molecule has 0 spiro atoms. The number of nitrogens with zero attached hydrogens (tertiary/aromatic N) is 2. The van der Waals surface area contributed by atoms with E-state index >= 15 is 0 Å². The van der Waals surface area contributed by atoms with E-state index in [0.717, 1.165) is 25.6 Å². The molecule has 0 saturated carbocycles. The number of hydrogen-bond acceptors (Lipinski definition) is 3. The highest BCUT2D eigenvalue weighted by Crippen LogP contribution is 2.37. The number of halogens is 1. The number of thioether (sulfide) groups is 1. The molecule has 0 amide bonds. The molecule has 2 saturated heterocycles. The van der Waals surface area contributed by atoms with Crippen LogP contribution in [0.3, 0.4) is 0 Å². The van der Waals surface area contributed by atoms with Gasteiger partial charge in [-0.05, 0) is 77.8 Å². The molecule has 23 heavy (non-hydrogen) atoms. The van der Waals surface area contributed by atoms with Gasteiger partial charge in [-0.1, -0.05) is 0 Å². The summed E-state index contributed by atoms with van der Waals surface area (Å²) in [5.74, 6) is 2.30. The Labute approximate surface area is 164 Å². The molecule has 0 radical (unpaired) electrons. The lowest BCUT2D eigenvalue weighted by Crippen LogP contribution is -2.39. The molecule has 0 aromatic rings. The Morgan fingerprint density at radius 3 is 2.61 bits per heavy atom. The van der Waals surface area contributed by atoms with Crippen molar-refractivity contribution in [2.45, 2.75) is 57.1 Å². The van der Waals surface area contributed by atoms with E-state index in [2.05, 4.69) is 41.1 Å². The zero-order valence-electron chi connectivity index (χ0n) is 14.9. The average molecular weight is 454 g/mol. The highest BCUT2D eigenvalue weighted by molar-refractivity contribution is 14.0. The van der Waals surface area contributed by atoms with Gasteiger partial charge < -0.3 is 15.5 Å². The lowest BCUT2D eigenvalue weighted by molar-refractivity contribution is 0.330. The van der Waals surface area contributed by atoms with Gasteiger partial charge in [-0.25, -0.2) is 0 Å². The van der Waals surface area contributed by atoms with Gasteiger partial charge in [-0.3, -0.25) is 4.99 Å². The van der Waals surface area contributed by atoms with Gasteiger partial charge in [0, 0.05) is 17.8 Å². The van der Waals surface area contributed by atoms with Gasteiger partial charge in [-0.2, -0.15) is 11.8 Å². The normalized spacial score (nSPS) is 25.4.